The van der Waals surface area contributed by atoms with Crippen LogP contribution in [0.25, 0.3) is 0 Å². The third kappa shape index (κ3) is 4.71. The standard InChI is InChI=1S/C16H15ClN2O5S/c1-10(15(18)20)24-16(21)11-6-8-12(9-7-11)25(22,23)19-14-5-3-2-4-13(14)17/h2-10,19H,1H3,(H2,18,20)/t10-/m1/s1. The number of ether oxygens (including phenoxy) is 1. The molecule has 7 nitrogen and oxygen atoms in total. The van der Waals surface area contributed by atoms with E-state index in [-0.39, 0.29) is 21.2 Å². The molecule has 132 valence electrons. The van der Waals surface area contributed by atoms with Gasteiger partial charge in [0.25, 0.3) is 15.9 Å². The Balaban J connectivity index is 2.17. The van der Waals surface area contributed by atoms with E-state index < -0.39 is 28.0 Å². The minimum Gasteiger partial charge on any atom is -0.449 e. The Bertz CT molecular complexity index is 897. The van der Waals surface area contributed by atoms with Crippen LogP contribution in [0.3, 0.4) is 0 Å². The number of anilines is 1. The number of carbonyl (C=O) groups is 2. The summed E-state index contributed by atoms with van der Waals surface area (Å²) in [6.07, 6.45) is -1.09. The van der Waals surface area contributed by atoms with E-state index in [1.807, 2.05) is 0 Å². The molecule has 0 saturated carbocycles. The van der Waals surface area contributed by atoms with Crippen LogP contribution in [0.15, 0.2) is 53.4 Å². The van der Waals surface area contributed by atoms with Crippen molar-refractivity contribution in [3.63, 3.8) is 0 Å². The highest BCUT2D eigenvalue weighted by Crippen LogP contribution is 2.24. The molecule has 0 heterocycles. The van der Waals surface area contributed by atoms with Gasteiger partial charge in [-0.05, 0) is 43.3 Å². The molecule has 9 heteroatoms. The maximum Gasteiger partial charge on any atom is 0.338 e. The van der Waals surface area contributed by atoms with E-state index in [4.69, 9.17) is 22.1 Å². The van der Waals surface area contributed by atoms with Gasteiger partial charge in [-0.3, -0.25) is 9.52 Å². The minimum atomic E-state index is -3.88. The van der Waals surface area contributed by atoms with Crippen LogP contribution in [0.5, 0.6) is 0 Å². The van der Waals surface area contributed by atoms with Crippen LogP contribution in [-0.2, 0) is 19.6 Å². The molecular formula is C16H15ClN2O5S. The van der Waals surface area contributed by atoms with Crippen LogP contribution in [-0.4, -0.2) is 26.4 Å². The van der Waals surface area contributed by atoms with E-state index in [9.17, 15) is 18.0 Å². The molecule has 1 atom stereocenters. The number of halogens is 1. The molecule has 0 radical (unpaired) electrons. The molecule has 0 saturated heterocycles. The lowest BCUT2D eigenvalue weighted by molar-refractivity contribution is -0.125. The molecule has 2 aromatic rings. The average molecular weight is 383 g/mol. The van der Waals surface area contributed by atoms with Gasteiger partial charge in [0.15, 0.2) is 6.10 Å². The number of hydrogen-bond donors (Lipinski definition) is 2. The van der Waals surface area contributed by atoms with Crippen molar-refractivity contribution in [2.24, 2.45) is 5.73 Å². The maximum absolute atomic E-state index is 12.4. The zero-order chi connectivity index (χ0) is 18.6. The van der Waals surface area contributed by atoms with Crippen molar-refractivity contribution in [2.45, 2.75) is 17.9 Å². The quantitative estimate of drug-likeness (QED) is 0.743. The fourth-order valence-corrected chi connectivity index (χ4v) is 3.12. The summed E-state index contributed by atoms with van der Waals surface area (Å²) in [7, 11) is -3.88. The van der Waals surface area contributed by atoms with Gasteiger partial charge in [-0.2, -0.15) is 0 Å². The summed E-state index contributed by atoms with van der Waals surface area (Å²) in [4.78, 5) is 22.7. The molecule has 0 aliphatic rings. The first kappa shape index (κ1) is 18.8. The zero-order valence-electron chi connectivity index (χ0n) is 13.1. The SMILES string of the molecule is C[C@@H](OC(=O)c1ccc(S(=O)(=O)Nc2ccccc2Cl)cc1)C(N)=O. The topological polar surface area (TPSA) is 116 Å². The number of nitrogens with one attached hydrogen (secondary N) is 1. The Morgan fingerprint density at radius 3 is 2.28 bits per heavy atom. The van der Waals surface area contributed by atoms with Gasteiger partial charge in [-0.25, -0.2) is 13.2 Å². The molecular weight excluding hydrogens is 368 g/mol. The second-order valence-electron chi connectivity index (χ2n) is 5.06. The monoisotopic (exact) mass is 382 g/mol. The Morgan fingerprint density at radius 1 is 1.12 bits per heavy atom. The van der Waals surface area contributed by atoms with Crippen LogP contribution in [0.2, 0.25) is 5.02 Å². The van der Waals surface area contributed by atoms with E-state index in [0.29, 0.717) is 0 Å². The summed E-state index contributed by atoms with van der Waals surface area (Å²) in [5.74, 6) is -1.56. The number of carbonyl (C=O) groups excluding carboxylic acids is 2. The van der Waals surface area contributed by atoms with Crippen molar-refractivity contribution in [3.8, 4) is 0 Å². The van der Waals surface area contributed by atoms with Gasteiger partial charge < -0.3 is 10.5 Å². The van der Waals surface area contributed by atoms with Crippen LogP contribution in [0.1, 0.15) is 17.3 Å². The Morgan fingerprint density at radius 2 is 1.72 bits per heavy atom. The summed E-state index contributed by atoms with van der Waals surface area (Å²) < 4.78 is 31.9. The normalized spacial score (nSPS) is 12.2. The van der Waals surface area contributed by atoms with Gasteiger partial charge in [0, 0.05) is 0 Å². The highest BCUT2D eigenvalue weighted by Gasteiger charge is 2.19. The molecule has 1 amide bonds. The molecule has 0 fully saturated rings. The number of nitrogens with two attached hydrogens (primary N) is 1. The number of sulfonamides is 1. The van der Waals surface area contributed by atoms with Crippen LogP contribution < -0.4 is 10.5 Å². The van der Waals surface area contributed by atoms with Gasteiger partial charge in [0.05, 0.1) is 21.2 Å². The number of amides is 1. The average Bonchev–Trinajstić information content (AvgIpc) is 2.56. The molecule has 0 bridgehead atoms. The number of primary amides is 1. The second-order valence-corrected chi connectivity index (χ2v) is 7.15. The van der Waals surface area contributed by atoms with Crippen molar-refractivity contribution < 1.29 is 22.7 Å². The van der Waals surface area contributed by atoms with Gasteiger partial charge in [-0.1, -0.05) is 23.7 Å². The van der Waals surface area contributed by atoms with Crippen molar-refractivity contribution in [3.05, 3.63) is 59.1 Å². The summed E-state index contributed by atoms with van der Waals surface area (Å²) in [6.45, 7) is 1.34. The predicted octanol–water partition coefficient (Wildman–Crippen LogP) is 2.17. The highest BCUT2D eigenvalue weighted by molar-refractivity contribution is 7.92. The summed E-state index contributed by atoms with van der Waals surface area (Å²) >= 11 is 5.93. The molecule has 0 aromatic heterocycles. The molecule has 2 aromatic carbocycles. The molecule has 0 aliphatic heterocycles. The Kier molecular flexibility index (Phi) is 5.66. The number of rotatable bonds is 6. The van der Waals surface area contributed by atoms with Gasteiger partial charge in [0.1, 0.15) is 0 Å². The third-order valence-corrected chi connectivity index (χ3v) is 4.91. The first-order chi connectivity index (χ1) is 11.7. The lowest BCUT2D eigenvalue weighted by Crippen LogP contribution is -2.30. The summed E-state index contributed by atoms with van der Waals surface area (Å²) in [5.41, 5.74) is 5.34. The lowest BCUT2D eigenvalue weighted by atomic mass is 10.2. The fraction of sp³-hybridized carbons (Fsp3) is 0.125. The van der Waals surface area contributed by atoms with Crippen LogP contribution >= 0.6 is 11.6 Å². The predicted molar refractivity (Wildman–Crippen MR) is 92.8 cm³/mol. The number of benzene rings is 2. The van der Waals surface area contributed by atoms with Gasteiger partial charge in [0.2, 0.25) is 0 Å². The van der Waals surface area contributed by atoms with E-state index >= 15 is 0 Å². The minimum absolute atomic E-state index is 0.0630. The van der Waals surface area contributed by atoms with Gasteiger partial charge in [-0.15, -0.1) is 0 Å². The number of para-hydroxylation sites is 1. The molecule has 0 spiro atoms. The summed E-state index contributed by atoms with van der Waals surface area (Å²) in [6, 6.07) is 11.4. The molecule has 0 unspecified atom stereocenters. The van der Waals surface area contributed by atoms with Crippen LogP contribution in [0, 0.1) is 0 Å². The van der Waals surface area contributed by atoms with Crippen LogP contribution in [0.4, 0.5) is 5.69 Å². The zero-order valence-corrected chi connectivity index (χ0v) is 14.7. The fourth-order valence-electron chi connectivity index (χ4n) is 1.80. The van der Waals surface area contributed by atoms with E-state index in [0.717, 1.165) is 0 Å². The number of hydrogen-bond acceptors (Lipinski definition) is 5. The molecule has 2 rings (SSSR count). The summed E-state index contributed by atoms with van der Waals surface area (Å²) in [5, 5.41) is 0.256. The van der Waals surface area contributed by atoms with Crippen molar-refractivity contribution in [1.82, 2.24) is 0 Å². The third-order valence-electron chi connectivity index (χ3n) is 3.20. The Hall–Kier alpha value is -2.58. The molecule has 25 heavy (non-hydrogen) atoms. The van der Waals surface area contributed by atoms with E-state index in [1.165, 1.54) is 37.3 Å². The first-order valence-electron chi connectivity index (χ1n) is 7.08. The number of esters is 1. The largest absolute Gasteiger partial charge is 0.449 e. The van der Waals surface area contributed by atoms with E-state index in [2.05, 4.69) is 4.72 Å². The molecule has 0 aliphatic carbocycles. The van der Waals surface area contributed by atoms with Crippen molar-refractivity contribution in [1.29, 1.82) is 0 Å². The van der Waals surface area contributed by atoms with Gasteiger partial charge >= 0.3 is 5.97 Å². The first-order valence-corrected chi connectivity index (χ1v) is 8.94. The molecule has 3 N–H and O–H groups in total. The smallest absolute Gasteiger partial charge is 0.338 e. The highest BCUT2D eigenvalue weighted by atomic mass is 35.5. The maximum atomic E-state index is 12.4. The van der Waals surface area contributed by atoms with Crippen molar-refractivity contribution >= 4 is 39.2 Å². The Labute approximate surface area is 149 Å². The van der Waals surface area contributed by atoms with Crippen molar-refractivity contribution in [2.75, 3.05) is 4.72 Å². The second kappa shape index (κ2) is 7.54. The lowest BCUT2D eigenvalue weighted by Gasteiger charge is -2.11. The van der Waals surface area contributed by atoms with E-state index in [1.54, 1.807) is 18.2 Å².